The summed E-state index contributed by atoms with van der Waals surface area (Å²) in [5, 5.41) is 10.4. The van der Waals surface area contributed by atoms with Crippen molar-refractivity contribution >= 4 is 0 Å². The summed E-state index contributed by atoms with van der Waals surface area (Å²) >= 11 is 0. The molecule has 1 aliphatic carbocycles. The zero-order valence-electron chi connectivity index (χ0n) is 9.57. The van der Waals surface area contributed by atoms with Crippen LogP contribution in [0.3, 0.4) is 0 Å². The Morgan fingerprint density at radius 2 is 2.00 bits per heavy atom. The quantitative estimate of drug-likeness (QED) is 0.858. The molecule has 0 amide bonds. The molecule has 18 heavy (non-hydrogen) atoms. The van der Waals surface area contributed by atoms with Crippen LogP contribution in [0.2, 0.25) is 0 Å². The van der Waals surface area contributed by atoms with Crippen LogP contribution in [-0.4, -0.2) is 17.5 Å². The van der Waals surface area contributed by atoms with Crippen molar-refractivity contribution < 1.29 is 23.0 Å². The van der Waals surface area contributed by atoms with Crippen molar-refractivity contribution in [2.75, 3.05) is 0 Å². The molecule has 1 saturated carbocycles. The van der Waals surface area contributed by atoms with Gasteiger partial charge in [-0.15, -0.1) is 13.2 Å². The fourth-order valence-corrected chi connectivity index (χ4v) is 2.37. The Balaban J connectivity index is 2.33. The third-order valence-electron chi connectivity index (χ3n) is 3.14. The first-order valence-corrected chi connectivity index (χ1v) is 5.63. The molecular weight excluding hydrogens is 247 g/mol. The van der Waals surface area contributed by atoms with Crippen LogP contribution in [0.5, 0.6) is 5.75 Å². The molecule has 100 valence electrons. The molecule has 0 aromatic heterocycles. The van der Waals surface area contributed by atoms with E-state index in [0.29, 0.717) is 12.8 Å². The molecule has 6 heteroatoms. The fourth-order valence-electron chi connectivity index (χ4n) is 2.37. The first-order chi connectivity index (χ1) is 8.30. The van der Waals surface area contributed by atoms with Crippen molar-refractivity contribution in [3.05, 3.63) is 29.8 Å². The lowest BCUT2D eigenvalue weighted by atomic mass is 9.91. The molecule has 0 radical (unpaired) electrons. The van der Waals surface area contributed by atoms with Gasteiger partial charge in [0.1, 0.15) is 5.75 Å². The van der Waals surface area contributed by atoms with Crippen molar-refractivity contribution in [2.45, 2.75) is 37.3 Å². The topological polar surface area (TPSA) is 55.5 Å². The van der Waals surface area contributed by atoms with Crippen LogP contribution in [0.1, 0.15) is 24.8 Å². The van der Waals surface area contributed by atoms with Crippen molar-refractivity contribution in [1.29, 1.82) is 0 Å². The number of aliphatic hydroxyl groups is 1. The van der Waals surface area contributed by atoms with Gasteiger partial charge in [-0.05, 0) is 25.3 Å². The van der Waals surface area contributed by atoms with Crippen molar-refractivity contribution in [1.82, 2.24) is 0 Å². The molecule has 3 N–H and O–H groups in total. The molecule has 1 aromatic carbocycles. The van der Waals surface area contributed by atoms with Gasteiger partial charge in [-0.3, -0.25) is 0 Å². The number of nitrogens with two attached hydrogens (primary N) is 1. The Morgan fingerprint density at radius 3 is 2.56 bits per heavy atom. The number of ether oxygens (including phenoxy) is 1. The minimum atomic E-state index is -4.77. The normalized spacial score (nSPS) is 28.4. The Bertz CT molecular complexity index is 436. The Kier molecular flexibility index (Phi) is 3.25. The van der Waals surface area contributed by atoms with Gasteiger partial charge in [-0.1, -0.05) is 18.2 Å². The summed E-state index contributed by atoms with van der Waals surface area (Å²) in [4.78, 5) is 0. The zero-order chi connectivity index (χ0) is 13.4. The van der Waals surface area contributed by atoms with Gasteiger partial charge < -0.3 is 15.6 Å². The van der Waals surface area contributed by atoms with E-state index in [4.69, 9.17) is 5.73 Å². The Morgan fingerprint density at radius 1 is 1.33 bits per heavy atom. The Labute approximate surface area is 102 Å². The first-order valence-electron chi connectivity index (χ1n) is 5.63. The molecule has 1 aromatic rings. The first kappa shape index (κ1) is 13.2. The van der Waals surface area contributed by atoms with Gasteiger partial charge >= 0.3 is 6.36 Å². The number of hydrogen-bond donors (Lipinski definition) is 2. The van der Waals surface area contributed by atoms with E-state index in [9.17, 15) is 18.3 Å². The predicted molar refractivity (Wildman–Crippen MR) is 58.8 cm³/mol. The smallest absolute Gasteiger partial charge is 0.405 e. The van der Waals surface area contributed by atoms with E-state index in [2.05, 4.69) is 4.74 Å². The Hall–Kier alpha value is -1.27. The molecule has 0 heterocycles. The molecule has 1 aliphatic rings. The second kappa shape index (κ2) is 4.44. The summed E-state index contributed by atoms with van der Waals surface area (Å²) in [6.45, 7) is 0. The van der Waals surface area contributed by atoms with Gasteiger partial charge in [0.15, 0.2) is 0 Å². The van der Waals surface area contributed by atoms with Gasteiger partial charge in [0.05, 0.1) is 5.60 Å². The summed E-state index contributed by atoms with van der Waals surface area (Å²) in [6, 6.07) is 5.45. The average molecular weight is 261 g/mol. The van der Waals surface area contributed by atoms with E-state index < -0.39 is 12.0 Å². The number of alkyl halides is 3. The number of benzene rings is 1. The second-order valence-corrected chi connectivity index (χ2v) is 4.58. The minimum Gasteiger partial charge on any atom is -0.405 e. The lowest BCUT2D eigenvalue weighted by Crippen LogP contribution is -2.27. The van der Waals surface area contributed by atoms with Gasteiger partial charge in [0, 0.05) is 11.6 Å². The average Bonchev–Trinajstić information content (AvgIpc) is 2.58. The van der Waals surface area contributed by atoms with Gasteiger partial charge in [0.2, 0.25) is 0 Å². The summed E-state index contributed by atoms with van der Waals surface area (Å²) in [5.74, 6) is -0.360. The summed E-state index contributed by atoms with van der Waals surface area (Å²) in [7, 11) is 0. The fraction of sp³-hybridized carbons (Fsp3) is 0.500. The number of para-hydroxylation sites is 1. The predicted octanol–water partition coefficient (Wildman–Crippen LogP) is 2.28. The molecular formula is C12H14F3NO2. The van der Waals surface area contributed by atoms with Crippen molar-refractivity contribution in [3.8, 4) is 5.75 Å². The van der Waals surface area contributed by atoms with Crippen LogP contribution >= 0.6 is 0 Å². The highest BCUT2D eigenvalue weighted by molar-refractivity contribution is 5.39. The highest BCUT2D eigenvalue weighted by atomic mass is 19.4. The molecule has 0 aliphatic heterocycles. The van der Waals surface area contributed by atoms with E-state index in [1.807, 2.05) is 0 Å². The van der Waals surface area contributed by atoms with Crippen LogP contribution in [-0.2, 0) is 5.60 Å². The van der Waals surface area contributed by atoms with Crippen LogP contribution in [0, 0.1) is 0 Å². The third kappa shape index (κ3) is 2.76. The zero-order valence-corrected chi connectivity index (χ0v) is 9.57. The molecule has 1 fully saturated rings. The van der Waals surface area contributed by atoms with E-state index >= 15 is 0 Å². The lowest BCUT2D eigenvalue weighted by Gasteiger charge is -2.25. The summed E-state index contributed by atoms with van der Waals surface area (Å²) in [6.07, 6.45) is -3.61. The van der Waals surface area contributed by atoms with Crippen molar-refractivity contribution in [3.63, 3.8) is 0 Å². The summed E-state index contributed by atoms with van der Waals surface area (Å²) in [5.41, 5.74) is 4.52. The van der Waals surface area contributed by atoms with Crippen molar-refractivity contribution in [2.24, 2.45) is 5.73 Å². The van der Waals surface area contributed by atoms with Crippen LogP contribution in [0.4, 0.5) is 13.2 Å². The van der Waals surface area contributed by atoms with Gasteiger partial charge in [-0.2, -0.15) is 0 Å². The molecule has 0 spiro atoms. The number of halogens is 3. The van der Waals surface area contributed by atoms with Crippen LogP contribution in [0.15, 0.2) is 24.3 Å². The molecule has 2 atom stereocenters. The lowest BCUT2D eigenvalue weighted by molar-refractivity contribution is -0.275. The molecule has 2 rings (SSSR count). The van der Waals surface area contributed by atoms with E-state index in [0.717, 1.165) is 0 Å². The maximum Gasteiger partial charge on any atom is 0.573 e. The number of rotatable bonds is 2. The third-order valence-corrected chi connectivity index (χ3v) is 3.14. The SMILES string of the molecule is NC1CCC(O)(c2ccccc2OC(F)(F)F)C1. The minimum absolute atomic E-state index is 0.148. The summed E-state index contributed by atoms with van der Waals surface area (Å²) < 4.78 is 40.8. The standard InChI is InChI=1S/C12H14F3NO2/c13-12(14,15)18-10-4-2-1-3-9(10)11(17)6-5-8(16)7-11/h1-4,8,17H,5-7,16H2. The monoisotopic (exact) mass is 261 g/mol. The molecule has 2 unspecified atom stereocenters. The number of hydrogen-bond acceptors (Lipinski definition) is 3. The van der Waals surface area contributed by atoms with Crippen LogP contribution < -0.4 is 10.5 Å². The van der Waals surface area contributed by atoms with Gasteiger partial charge in [-0.25, -0.2) is 0 Å². The maximum atomic E-state index is 12.3. The highest BCUT2D eigenvalue weighted by Crippen LogP contribution is 2.43. The highest BCUT2D eigenvalue weighted by Gasteiger charge is 2.41. The molecule has 3 nitrogen and oxygen atoms in total. The van der Waals surface area contributed by atoms with E-state index in [-0.39, 0.29) is 23.8 Å². The second-order valence-electron chi connectivity index (χ2n) is 4.58. The largest absolute Gasteiger partial charge is 0.573 e. The van der Waals surface area contributed by atoms with E-state index in [1.54, 1.807) is 6.07 Å². The molecule has 0 bridgehead atoms. The van der Waals surface area contributed by atoms with E-state index in [1.165, 1.54) is 18.2 Å². The maximum absolute atomic E-state index is 12.3. The molecule has 0 saturated heterocycles. The van der Waals surface area contributed by atoms with Crippen LogP contribution in [0.25, 0.3) is 0 Å². The van der Waals surface area contributed by atoms with Gasteiger partial charge in [0.25, 0.3) is 0 Å².